The zero-order chi connectivity index (χ0) is 18.0. The summed E-state index contributed by atoms with van der Waals surface area (Å²) >= 11 is 0. The van der Waals surface area contributed by atoms with Crippen LogP contribution in [0.1, 0.15) is 0 Å². The van der Waals surface area contributed by atoms with Crippen LogP contribution in [0.15, 0.2) is 77.7 Å². The SMILES string of the molecule is O=S(=O)([O-])c1ccc(P(c2ccc(F)cc2)c2ccc(F)cc2)cc1.[Li+]. The van der Waals surface area contributed by atoms with Crippen molar-refractivity contribution in [3.05, 3.63) is 84.4 Å². The molecule has 0 N–H and O–H groups in total. The van der Waals surface area contributed by atoms with Crippen LogP contribution in [0.25, 0.3) is 0 Å². The second-order valence-electron chi connectivity index (χ2n) is 5.24. The van der Waals surface area contributed by atoms with Crippen molar-refractivity contribution >= 4 is 34.0 Å². The molecule has 0 heterocycles. The van der Waals surface area contributed by atoms with Gasteiger partial charge >= 0.3 is 18.9 Å². The van der Waals surface area contributed by atoms with Gasteiger partial charge in [-0.05, 0) is 60.2 Å². The minimum Gasteiger partial charge on any atom is -0.744 e. The van der Waals surface area contributed by atoms with E-state index in [1.54, 1.807) is 36.4 Å². The van der Waals surface area contributed by atoms with Crippen LogP contribution in [0.5, 0.6) is 0 Å². The maximum atomic E-state index is 13.2. The van der Waals surface area contributed by atoms with E-state index in [0.717, 1.165) is 15.9 Å². The summed E-state index contributed by atoms with van der Waals surface area (Å²) in [6, 6.07) is 17.5. The van der Waals surface area contributed by atoms with Gasteiger partial charge in [0, 0.05) is 0 Å². The molecule has 0 unspecified atom stereocenters. The average molecular weight is 384 g/mol. The molecule has 0 aliphatic rings. The molecule has 0 fully saturated rings. The smallest absolute Gasteiger partial charge is 0.744 e. The van der Waals surface area contributed by atoms with Crippen molar-refractivity contribution in [2.45, 2.75) is 4.90 Å². The Bertz CT molecular complexity index is 931. The fraction of sp³-hybridized carbons (Fsp3) is 0. The minimum atomic E-state index is -4.53. The van der Waals surface area contributed by atoms with Crippen molar-refractivity contribution in [2.75, 3.05) is 0 Å². The molecule has 0 bridgehead atoms. The molecule has 0 saturated heterocycles. The van der Waals surface area contributed by atoms with E-state index in [1.807, 2.05) is 0 Å². The third-order valence-electron chi connectivity index (χ3n) is 3.55. The van der Waals surface area contributed by atoms with Gasteiger partial charge in [-0.15, -0.1) is 0 Å². The van der Waals surface area contributed by atoms with E-state index in [-0.39, 0.29) is 35.4 Å². The predicted molar refractivity (Wildman–Crippen MR) is 93.0 cm³/mol. The van der Waals surface area contributed by atoms with Crippen LogP contribution >= 0.6 is 7.92 Å². The molecule has 0 radical (unpaired) electrons. The van der Waals surface area contributed by atoms with Crippen molar-refractivity contribution in [3.8, 4) is 0 Å². The van der Waals surface area contributed by atoms with Crippen molar-refractivity contribution in [1.29, 1.82) is 0 Å². The summed E-state index contributed by atoms with van der Waals surface area (Å²) in [5, 5.41) is 2.40. The van der Waals surface area contributed by atoms with Gasteiger partial charge in [0.1, 0.15) is 21.8 Å². The molecular formula is C18H12F2LiO3PS. The summed E-state index contributed by atoms with van der Waals surface area (Å²) in [6.45, 7) is 0. The first kappa shape index (κ1) is 20.8. The number of halogens is 2. The standard InChI is InChI=1S/C18H13F2O3PS.Li/c19-13-1-5-15(6-2-13)24(16-7-3-14(20)4-8-16)17-9-11-18(12-10-17)25(21,22)23;/h1-12H,(H,21,22,23);/q;+1/p-1. The summed E-state index contributed by atoms with van der Waals surface area (Å²) in [5.74, 6) is -0.740. The number of hydrogen-bond donors (Lipinski definition) is 0. The van der Waals surface area contributed by atoms with Gasteiger partial charge < -0.3 is 4.55 Å². The number of rotatable bonds is 4. The molecule has 0 aliphatic heterocycles. The Morgan fingerprint density at radius 1 is 0.654 bits per heavy atom. The molecule has 3 nitrogen and oxygen atoms in total. The van der Waals surface area contributed by atoms with E-state index in [9.17, 15) is 21.8 Å². The van der Waals surface area contributed by atoms with Crippen LogP contribution in [0.4, 0.5) is 8.78 Å². The Morgan fingerprint density at radius 3 is 1.27 bits per heavy atom. The second kappa shape index (κ2) is 8.43. The van der Waals surface area contributed by atoms with Crippen LogP contribution in [0.3, 0.4) is 0 Å². The van der Waals surface area contributed by atoms with E-state index in [2.05, 4.69) is 0 Å². The fourth-order valence-electron chi connectivity index (χ4n) is 2.39. The molecule has 0 aromatic heterocycles. The summed E-state index contributed by atoms with van der Waals surface area (Å²) in [4.78, 5) is -0.315. The van der Waals surface area contributed by atoms with Gasteiger partial charge in [0.2, 0.25) is 0 Å². The van der Waals surface area contributed by atoms with Crippen LogP contribution in [-0.2, 0) is 10.1 Å². The molecule has 3 rings (SSSR count). The van der Waals surface area contributed by atoms with Crippen LogP contribution in [-0.4, -0.2) is 13.0 Å². The van der Waals surface area contributed by atoms with Gasteiger partial charge in [-0.2, -0.15) is 0 Å². The van der Waals surface area contributed by atoms with E-state index in [4.69, 9.17) is 0 Å². The van der Waals surface area contributed by atoms with Gasteiger partial charge in [-0.25, -0.2) is 17.2 Å². The maximum Gasteiger partial charge on any atom is 1.00 e. The first-order valence-electron chi connectivity index (χ1n) is 7.22. The number of benzene rings is 3. The summed E-state index contributed by atoms with van der Waals surface area (Å²) in [5.41, 5.74) is 0. The molecule has 26 heavy (non-hydrogen) atoms. The van der Waals surface area contributed by atoms with Crippen LogP contribution in [0.2, 0.25) is 0 Å². The second-order valence-corrected chi connectivity index (χ2v) is 8.84. The van der Waals surface area contributed by atoms with E-state index in [1.165, 1.54) is 36.4 Å². The molecule has 3 aromatic carbocycles. The third-order valence-corrected chi connectivity index (χ3v) is 6.85. The molecule has 0 spiro atoms. The quantitative estimate of drug-likeness (QED) is 0.351. The van der Waals surface area contributed by atoms with E-state index >= 15 is 0 Å². The summed E-state index contributed by atoms with van der Waals surface area (Å²) < 4.78 is 59.8. The van der Waals surface area contributed by atoms with Crippen molar-refractivity contribution in [2.24, 2.45) is 0 Å². The van der Waals surface area contributed by atoms with Crippen molar-refractivity contribution in [3.63, 3.8) is 0 Å². The molecule has 0 saturated carbocycles. The number of hydrogen-bond acceptors (Lipinski definition) is 3. The normalized spacial score (nSPS) is 11.2. The Labute approximate surface area is 163 Å². The summed E-state index contributed by atoms with van der Waals surface area (Å²) in [7, 11) is -5.68. The average Bonchev–Trinajstić information content (AvgIpc) is 2.58. The van der Waals surface area contributed by atoms with Crippen LogP contribution in [0, 0.1) is 11.6 Å². The molecule has 128 valence electrons. The first-order chi connectivity index (χ1) is 11.8. The van der Waals surface area contributed by atoms with Gasteiger partial charge in [-0.1, -0.05) is 36.4 Å². The van der Waals surface area contributed by atoms with E-state index in [0.29, 0.717) is 0 Å². The van der Waals surface area contributed by atoms with Gasteiger partial charge in [0.05, 0.1) is 4.90 Å². The van der Waals surface area contributed by atoms with Crippen molar-refractivity contribution < 1.29 is 40.6 Å². The van der Waals surface area contributed by atoms with Gasteiger partial charge in [-0.3, -0.25) is 0 Å². The van der Waals surface area contributed by atoms with Crippen LogP contribution < -0.4 is 34.8 Å². The fourth-order valence-corrected chi connectivity index (χ4v) is 5.09. The molecule has 3 aromatic rings. The Morgan fingerprint density at radius 2 is 0.962 bits per heavy atom. The Hall–Kier alpha value is -1.54. The predicted octanol–water partition coefficient (Wildman–Crippen LogP) is -0.369. The molecular weight excluding hydrogens is 372 g/mol. The van der Waals surface area contributed by atoms with Gasteiger partial charge in [0.15, 0.2) is 0 Å². The molecule has 0 aliphatic carbocycles. The minimum absolute atomic E-state index is 0. The first-order valence-corrected chi connectivity index (χ1v) is 9.97. The zero-order valence-electron chi connectivity index (χ0n) is 13.8. The monoisotopic (exact) mass is 384 g/mol. The maximum absolute atomic E-state index is 13.2. The largest absolute Gasteiger partial charge is 1.00 e. The van der Waals surface area contributed by atoms with E-state index < -0.39 is 18.0 Å². The van der Waals surface area contributed by atoms with Gasteiger partial charge in [0.25, 0.3) is 0 Å². The Kier molecular flexibility index (Phi) is 6.73. The third kappa shape index (κ3) is 4.79. The Balaban J connectivity index is 0.00000243. The molecule has 0 atom stereocenters. The molecule has 0 amide bonds. The summed E-state index contributed by atoms with van der Waals surface area (Å²) in [6.07, 6.45) is 0. The molecule has 8 heteroatoms. The zero-order valence-corrected chi connectivity index (χ0v) is 15.5. The van der Waals surface area contributed by atoms with Crippen molar-refractivity contribution in [1.82, 2.24) is 0 Å². The topological polar surface area (TPSA) is 57.2 Å².